The van der Waals surface area contributed by atoms with Gasteiger partial charge in [-0.15, -0.1) is 0 Å². The third-order valence-corrected chi connectivity index (χ3v) is 8.56. The van der Waals surface area contributed by atoms with Crippen LogP contribution in [0.1, 0.15) is 107 Å². The molecular weight excluding hydrogens is 426 g/mol. The molecular formula is C31H42F2O. The molecule has 3 heteroatoms. The van der Waals surface area contributed by atoms with Crippen LogP contribution in [-0.4, -0.2) is 13.7 Å². The lowest BCUT2D eigenvalue weighted by Crippen LogP contribution is -2.14. The van der Waals surface area contributed by atoms with Crippen molar-refractivity contribution < 1.29 is 13.5 Å². The maximum absolute atomic E-state index is 15.1. The summed E-state index contributed by atoms with van der Waals surface area (Å²) < 4.78 is 35.4. The second kappa shape index (κ2) is 12.3. The number of rotatable bonds is 9. The van der Waals surface area contributed by atoms with Gasteiger partial charge in [0.05, 0.1) is 5.56 Å². The molecule has 2 saturated carbocycles. The van der Waals surface area contributed by atoms with E-state index in [0.717, 1.165) is 43.3 Å². The molecule has 0 spiro atoms. The van der Waals surface area contributed by atoms with Crippen molar-refractivity contribution in [2.24, 2.45) is 11.8 Å². The van der Waals surface area contributed by atoms with Gasteiger partial charge in [0.2, 0.25) is 0 Å². The zero-order chi connectivity index (χ0) is 23.9. The molecule has 1 nitrogen and oxygen atoms in total. The second-order valence-corrected chi connectivity index (χ2v) is 10.8. The van der Waals surface area contributed by atoms with Gasteiger partial charge in [-0.1, -0.05) is 44.0 Å². The minimum atomic E-state index is -0.421. The molecule has 0 heterocycles. The van der Waals surface area contributed by atoms with Crippen molar-refractivity contribution in [3.05, 3.63) is 59.2 Å². The van der Waals surface area contributed by atoms with E-state index >= 15 is 8.78 Å². The molecule has 34 heavy (non-hydrogen) atoms. The summed E-state index contributed by atoms with van der Waals surface area (Å²) in [6, 6.07) is 11.2. The first kappa shape index (κ1) is 25.4. The normalized spacial score (nSPS) is 25.4. The number of hydrogen-bond donors (Lipinski definition) is 0. The maximum Gasteiger partial charge on any atom is 0.134 e. The summed E-state index contributed by atoms with van der Waals surface area (Å²) in [4.78, 5) is 0. The van der Waals surface area contributed by atoms with E-state index in [1.54, 1.807) is 19.2 Å². The third-order valence-electron chi connectivity index (χ3n) is 8.56. The van der Waals surface area contributed by atoms with E-state index in [4.69, 9.17) is 4.74 Å². The van der Waals surface area contributed by atoms with Crippen molar-refractivity contribution in [1.82, 2.24) is 0 Å². The van der Waals surface area contributed by atoms with Crippen molar-refractivity contribution in [3.8, 4) is 11.1 Å². The van der Waals surface area contributed by atoms with Gasteiger partial charge >= 0.3 is 0 Å². The number of benzene rings is 2. The minimum Gasteiger partial charge on any atom is -0.385 e. The summed E-state index contributed by atoms with van der Waals surface area (Å²) in [5.41, 5.74) is 2.91. The smallest absolute Gasteiger partial charge is 0.134 e. The lowest BCUT2D eigenvalue weighted by Gasteiger charge is -2.29. The second-order valence-electron chi connectivity index (χ2n) is 10.8. The molecule has 0 N–H and O–H groups in total. The average molecular weight is 469 g/mol. The van der Waals surface area contributed by atoms with Crippen LogP contribution in [0.15, 0.2) is 36.4 Å². The fraction of sp³-hybridized carbons (Fsp3) is 0.613. The Kier molecular flexibility index (Phi) is 9.17. The summed E-state index contributed by atoms with van der Waals surface area (Å²) in [5, 5.41) is 0. The van der Waals surface area contributed by atoms with E-state index in [-0.39, 0.29) is 11.5 Å². The first-order chi connectivity index (χ1) is 16.6. The number of hydrogen-bond acceptors (Lipinski definition) is 1. The predicted molar refractivity (Wildman–Crippen MR) is 137 cm³/mol. The summed E-state index contributed by atoms with van der Waals surface area (Å²) >= 11 is 0. The Bertz CT molecular complexity index is 867. The lowest BCUT2D eigenvalue weighted by atomic mass is 9.76. The Labute approximate surface area is 205 Å². The van der Waals surface area contributed by atoms with Gasteiger partial charge in [-0.2, -0.15) is 0 Å². The van der Waals surface area contributed by atoms with Crippen molar-refractivity contribution in [2.75, 3.05) is 13.7 Å². The van der Waals surface area contributed by atoms with Crippen molar-refractivity contribution in [1.29, 1.82) is 0 Å². The van der Waals surface area contributed by atoms with Crippen molar-refractivity contribution in [2.45, 2.75) is 95.8 Å². The molecule has 0 unspecified atom stereocenters. The molecule has 2 aliphatic carbocycles. The highest BCUT2D eigenvalue weighted by molar-refractivity contribution is 5.66. The maximum atomic E-state index is 15.1. The lowest BCUT2D eigenvalue weighted by molar-refractivity contribution is 0.180. The van der Waals surface area contributed by atoms with E-state index in [1.807, 2.05) is 12.1 Å². The zero-order valence-corrected chi connectivity index (χ0v) is 21.1. The van der Waals surface area contributed by atoms with Crippen LogP contribution >= 0.6 is 0 Å². The number of ether oxygens (including phenoxy) is 1. The van der Waals surface area contributed by atoms with Gasteiger partial charge in [0.1, 0.15) is 11.6 Å². The van der Waals surface area contributed by atoms with Crippen molar-refractivity contribution in [3.63, 3.8) is 0 Å². The molecule has 2 aromatic carbocycles. The number of halogens is 2. The van der Waals surface area contributed by atoms with Crippen LogP contribution in [0.25, 0.3) is 11.1 Å². The third kappa shape index (κ3) is 6.27. The van der Waals surface area contributed by atoms with Crippen LogP contribution in [0.2, 0.25) is 0 Å². The van der Waals surface area contributed by atoms with E-state index in [2.05, 4.69) is 19.1 Å². The Morgan fingerprint density at radius 2 is 1.26 bits per heavy atom. The molecule has 0 aromatic heterocycles. The van der Waals surface area contributed by atoms with Crippen LogP contribution in [0.5, 0.6) is 0 Å². The molecule has 4 rings (SSSR count). The van der Waals surface area contributed by atoms with Crippen LogP contribution in [0.4, 0.5) is 8.78 Å². The molecule has 0 radical (unpaired) electrons. The summed E-state index contributed by atoms with van der Waals surface area (Å²) in [5.74, 6) is 1.62. The molecule has 0 bridgehead atoms. The fourth-order valence-corrected chi connectivity index (χ4v) is 6.52. The first-order valence-electron chi connectivity index (χ1n) is 13.7. The Balaban J connectivity index is 1.38. The van der Waals surface area contributed by atoms with Gasteiger partial charge in [0.15, 0.2) is 0 Å². The fourth-order valence-electron chi connectivity index (χ4n) is 6.52. The Hall–Kier alpha value is -1.74. The molecule has 2 aliphatic rings. The van der Waals surface area contributed by atoms with E-state index in [1.165, 1.54) is 63.4 Å². The van der Waals surface area contributed by atoms with Gasteiger partial charge in [-0.3, -0.25) is 0 Å². The average Bonchev–Trinajstić information content (AvgIpc) is 2.85. The zero-order valence-electron chi connectivity index (χ0n) is 21.1. The largest absolute Gasteiger partial charge is 0.385 e. The molecule has 0 aliphatic heterocycles. The van der Waals surface area contributed by atoms with Crippen LogP contribution in [0, 0.1) is 23.5 Å². The highest BCUT2D eigenvalue weighted by Gasteiger charge is 2.25. The van der Waals surface area contributed by atoms with Crippen LogP contribution in [0.3, 0.4) is 0 Å². The van der Waals surface area contributed by atoms with Gasteiger partial charge < -0.3 is 4.74 Å². The highest BCUT2D eigenvalue weighted by Crippen LogP contribution is 2.41. The minimum absolute atomic E-state index is 0.122. The molecule has 2 fully saturated rings. The summed E-state index contributed by atoms with van der Waals surface area (Å²) in [7, 11) is 1.77. The SMILES string of the molecule is CCCC1CCC(c2cc(F)c(-c3ccc(C4CCC(CCCOC)CC4)cc3)c(F)c2)CC1. The Morgan fingerprint density at radius 3 is 1.79 bits per heavy atom. The van der Waals surface area contributed by atoms with Gasteiger partial charge in [-0.05, 0) is 117 Å². The monoisotopic (exact) mass is 468 g/mol. The van der Waals surface area contributed by atoms with Gasteiger partial charge in [0, 0.05) is 13.7 Å². The van der Waals surface area contributed by atoms with Gasteiger partial charge in [-0.25, -0.2) is 8.78 Å². The summed E-state index contributed by atoms with van der Waals surface area (Å²) in [6.07, 6.45) is 14.3. The molecule has 2 aromatic rings. The number of methoxy groups -OCH3 is 1. The van der Waals surface area contributed by atoms with Crippen LogP contribution in [-0.2, 0) is 4.74 Å². The Morgan fingerprint density at radius 1 is 0.735 bits per heavy atom. The highest BCUT2D eigenvalue weighted by atomic mass is 19.1. The summed E-state index contributed by atoms with van der Waals surface area (Å²) in [6.45, 7) is 3.09. The van der Waals surface area contributed by atoms with E-state index in [9.17, 15) is 0 Å². The first-order valence-corrected chi connectivity index (χ1v) is 13.7. The topological polar surface area (TPSA) is 9.23 Å². The van der Waals surface area contributed by atoms with E-state index < -0.39 is 11.6 Å². The van der Waals surface area contributed by atoms with Gasteiger partial charge in [0.25, 0.3) is 0 Å². The molecule has 0 amide bonds. The van der Waals surface area contributed by atoms with Crippen molar-refractivity contribution >= 4 is 0 Å². The molecule has 0 saturated heterocycles. The van der Waals surface area contributed by atoms with Crippen LogP contribution < -0.4 is 0 Å². The van der Waals surface area contributed by atoms with E-state index in [0.29, 0.717) is 11.5 Å². The molecule has 186 valence electrons. The quantitative estimate of drug-likeness (QED) is 0.333. The molecule has 0 atom stereocenters. The standard InChI is InChI=1S/C31H42F2O/c1-3-5-22-7-13-26(14-8-22)28-20-29(32)31(30(33)21-28)27-17-15-25(16-18-27)24-11-9-23(10-12-24)6-4-19-34-2/h15-18,20-24,26H,3-14,19H2,1-2H3. The predicted octanol–water partition coefficient (Wildman–Crippen LogP) is 9.41.